The lowest BCUT2D eigenvalue weighted by Gasteiger charge is -2.24. The lowest BCUT2D eigenvalue weighted by Crippen LogP contribution is -2.36. The van der Waals surface area contributed by atoms with Gasteiger partial charge in [-0.25, -0.2) is 4.98 Å². The van der Waals surface area contributed by atoms with Crippen LogP contribution in [0.4, 0.5) is 11.5 Å². The minimum absolute atomic E-state index is 0.0988. The van der Waals surface area contributed by atoms with Gasteiger partial charge in [-0.15, -0.1) is 0 Å². The Balaban J connectivity index is 1.53. The summed E-state index contributed by atoms with van der Waals surface area (Å²) in [6.07, 6.45) is 1.48. The number of carbonyl (C=O) groups excluding carboxylic acids is 2. The fourth-order valence-electron chi connectivity index (χ4n) is 3.72. The third-order valence-corrected chi connectivity index (χ3v) is 6.25. The third kappa shape index (κ3) is 4.91. The van der Waals surface area contributed by atoms with Crippen LogP contribution in [0, 0.1) is 0 Å². The first kappa shape index (κ1) is 21.8. The fraction of sp³-hybridized carbons (Fsp3) is 0.250. The van der Waals surface area contributed by atoms with Crippen molar-refractivity contribution in [2.45, 2.75) is 37.3 Å². The van der Waals surface area contributed by atoms with Gasteiger partial charge in [-0.05, 0) is 30.0 Å². The van der Waals surface area contributed by atoms with Gasteiger partial charge in [0.05, 0.1) is 11.5 Å². The molecule has 0 bridgehead atoms. The van der Waals surface area contributed by atoms with E-state index in [4.69, 9.17) is 0 Å². The average molecular weight is 449 g/mol. The normalized spacial score (nSPS) is 15.0. The number of rotatable bonds is 7. The minimum Gasteiger partial charge on any atom is -0.325 e. The summed E-state index contributed by atoms with van der Waals surface area (Å²) in [6.45, 7) is 2.00. The summed E-state index contributed by atoms with van der Waals surface area (Å²) in [4.78, 5) is 45.4. The Kier molecular flexibility index (Phi) is 6.70. The van der Waals surface area contributed by atoms with Gasteiger partial charge in [-0.2, -0.15) is 0 Å². The molecule has 1 aliphatic rings. The average Bonchev–Trinajstić information content (AvgIpc) is 2.79. The highest BCUT2D eigenvalue weighted by Gasteiger charge is 2.35. The first-order valence-corrected chi connectivity index (χ1v) is 11.5. The van der Waals surface area contributed by atoms with E-state index in [9.17, 15) is 14.4 Å². The molecule has 1 aromatic heterocycles. The Morgan fingerprint density at radius 1 is 1.12 bits per heavy atom. The number of carbonyl (C=O) groups is 2. The smallest absolute Gasteiger partial charge is 0.257 e. The number of aryl methyl sites for hydroxylation is 2. The quantitative estimate of drug-likeness (QED) is 0.377. The van der Waals surface area contributed by atoms with Crippen molar-refractivity contribution in [1.29, 1.82) is 0 Å². The molecular formula is C24H24N4O3S. The molecule has 0 radical (unpaired) electrons. The van der Waals surface area contributed by atoms with Crippen LogP contribution in [0.25, 0.3) is 0 Å². The first-order chi connectivity index (χ1) is 15.5. The molecule has 0 saturated heterocycles. The highest BCUT2D eigenvalue weighted by Crippen LogP contribution is 2.31. The van der Waals surface area contributed by atoms with Gasteiger partial charge in [0, 0.05) is 17.9 Å². The number of fused-ring (bicyclic) bond motifs is 1. The van der Waals surface area contributed by atoms with Crippen LogP contribution in [-0.2, 0) is 22.4 Å². The van der Waals surface area contributed by atoms with Crippen molar-refractivity contribution in [2.75, 3.05) is 16.4 Å². The highest BCUT2D eigenvalue weighted by molar-refractivity contribution is 7.99. The molecule has 2 heterocycles. The van der Waals surface area contributed by atoms with Crippen molar-refractivity contribution in [2.24, 2.45) is 0 Å². The van der Waals surface area contributed by atoms with E-state index in [2.05, 4.69) is 20.6 Å². The number of H-pyrrole nitrogens is 1. The molecule has 8 heteroatoms. The Labute approximate surface area is 190 Å². The second-order valence-electron chi connectivity index (χ2n) is 7.52. The molecule has 2 amide bonds. The molecule has 4 rings (SSSR count). The van der Waals surface area contributed by atoms with Crippen LogP contribution in [0.1, 0.15) is 36.0 Å². The lowest BCUT2D eigenvalue weighted by atomic mass is 9.92. The SMILES string of the molecule is CCc1ccccc1NC(=O)[C@@H]1CC(=O)Nc2nc(SCCc3ccccc3)[nH]c(=O)c21. The summed E-state index contributed by atoms with van der Waals surface area (Å²) in [5.74, 6) is -0.741. The molecule has 3 aromatic rings. The molecule has 0 spiro atoms. The summed E-state index contributed by atoms with van der Waals surface area (Å²) in [7, 11) is 0. The standard InChI is InChI=1S/C24H24N4O3S/c1-2-16-10-6-7-11-18(16)25-22(30)17-14-19(29)26-21-20(17)23(31)28-24(27-21)32-13-12-15-8-4-3-5-9-15/h3-11,17H,2,12-14H2,1H3,(H,25,30)(H2,26,27,28,29,31)/t17-/m1/s1. The fourth-order valence-corrected chi connectivity index (χ4v) is 4.58. The number of aromatic nitrogens is 2. The lowest BCUT2D eigenvalue weighted by molar-refractivity contribution is -0.123. The molecule has 0 aliphatic carbocycles. The van der Waals surface area contributed by atoms with E-state index >= 15 is 0 Å². The summed E-state index contributed by atoms with van der Waals surface area (Å²) in [5.41, 5.74) is 2.66. The molecule has 32 heavy (non-hydrogen) atoms. The molecule has 0 unspecified atom stereocenters. The van der Waals surface area contributed by atoms with E-state index in [0.29, 0.717) is 10.8 Å². The van der Waals surface area contributed by atoms with Crippen molar-refractivity contribution < 1.29 is 9.59 Å². The molecule has 0 fully saturated rings. The van der Waals surface area contributed by atoms with Gasteiger partial charge in [0.1, 0.15) is 5.82 Å². The van der Waals surface area contributed by atoms with Gasteiger partial charge >= 0.3 is 0 Å². The number of para-hydroxylation sites is 1. The van der Waals surface area contributed by atoms with E-state index in [1.165, 1.54) is 17.3 Å². The molecule has 1 aliphatic heterocycles. The summed E-state index contributed by atoms with van der Waals surface area (Å²) >= 11 is 1.40. The van der Waals surface area contributed by atoms with Crippen LogP contribution < -0.4 is 16.2 Å². The minimum atomic E-state index is -0.900. The van der Waals surface area contributed by atoms with Crippen molar-refractivity contribution in [3.8, 4) is 0 Å². The number of thioether (sulfide) groups is 1. The van der Waals surface area contributed by atoms with Crippen LogP contribution >= 0.6 is 11.8 Å². The van der Waals surface area contributed by atoms with E-state index in [-0.39, 0.29) is 23.7 Å². The molecule has 1 atom stereocenters. The number of benzene rings is 2. The van der Waals surface area contributed by atoms with Crippen molar-refractivity contribution in [3.05, 3.63) is 81.6 Å². The maximum atomic E-state index is 13.0. The third-order valence-electron chi connectivity index (χ3n) is 5.37. The van der Waals surface area contributed by atoms with Gasteiger partial charge in [0.15, 0.2) is 5.16 Å². The number of amides is 2. The van der Waals surface area contributed by atoms with Gasteiger partial charge in [-0.3, -0.25) is 14.4 Å². The van der Waals surface area contributed by atoms with Gasteiger partial charge in [-0.1, -0.05) is 67.2 Å². The maximum absolute atomic E-state index is 13.0. The van der Waals surface area contributed by atoms with E-state index < -0.39 is 17.4 Å². The summed E-state index contributed by atoms with van der Waals surface area (Å²) in [6, 6.07) is 17.5. The Bertz CT molecular complexity index is 1190. The number of nitrogens with one attached hydrogen (secondary N) is 3. The Morgan fingerprint density at radius 3 is 2.66 bits per heavy atom. The van der Waals surface area contributed by atoms with Crippen LogP contribution in [0.5, 0.6) is 0 Å². The highest BCUT2D eigenvalue weighted by atomic mass is 32.2. The number of nitrogens with zero attached hydrogens (tertiary/aromatic N) is 1. The van der Waals surface area contributed by atoms with E-state index in [1.807, 2.05) is 61.5 Å². The summed E-state index contributed by atoms with van der Waals surface area (Å²) in [5, 5.41) is 5.96. The zero-order valence-corrected chi connectivity index (χ0v) is 18.5. The van der Waals surface area contributed by atoms with Crippen molar-refractivity contribution in [1.82, 2.24) is 9.97 Å². The largest absolute Gasteiger partial charge is 0.325 e. The van der Waals surface area contributed by atoms with Gasteiger partial charge < -0.3 is 15.6 Å². The van der Waals surface area contributed by atoms with Gasteiger partial charge in [0.2, 0.25) is 11.8 Å². The molecule has 2 aromatic carbocycles. The molecular weight excluding hydrogens is 424 g/mol. The van der Waals surface area contributed by atoms with Crippen molar-refractivity contribution in [3.63, 3.8) is 0 Å². The second kappa shape index (κ2) is 9.82. The monoisotopic (exact) mass is 448 g/mol. The van der Waals surface area contributed by atoms with Gasteiger partial charge in [0.25, 0.3) is 5.56 Å². The van der Waals surface area contributed by atoms with E-state index in [0.717, 1.165) is 24.2 Å². The predicted octanol–water partition coefficient (Wildman–Crippen LogP) is 3.73. The van der Waals surface area contributed by atoms with Crippen LogP contribution in [0.2, 0.25) is 0 Å². The second-order valence-corrected chi connectivity index (χ2v) is 8.61. The Hall–Kier alpha value is -3.39. The van der Waals surface area contributed by atoms with Crippen LogP contribution in [0.3, 0.4) is 0 Å². The first-order valence-electron chi connectivity index (χ1n) is 10.5. The van der Waals surface area contributed by atoms with Crippen LogP contribution in [-0.4, -0.2) is 27.5 Å². The number of aromatic amines is 1. The molecule has 0 saturated carbocycles. The van der Waals surface area contributed by atoms with E-state index in [1.54, 1.807) is 0 Å². The Morgan fingerprint density at radius 2 is 1.88 bits per heavy atom. The summed E-state index contributed by atoms with van der Waals surface area (Å²) < 4.78 is 0. The topological polar surface area (TPSA) is 104 Å². The molecule has 7 nitrogen and oxygen atoms in total. The van der Waals surface area contributed by atoms with Crippen molar-refractivity contribution >= 4 is 35.1 Å². The van der Waals surface area contributed by atoms with Crippen LogP contribution in [0.15, 0.2) is 64.5 Å². The maximum Gasteiger partial charge on any atom is 0.257 e. The molecule has 164 valence electrons. The number of hydrogen-bond donors (Lipinski definition) is 3. The predicted molar refractivity (Wildman–Crippen MR) is 126 cm³/mol. The zero-order valence-electron chi connectivity index (χ0n) is 17.7. The zero-order chi connectivity index (χ0) is 22.5. The number of anilines is 2. The number of hydrogen-bond acceptors (Lipinski definition) is 5. The molecule has 3 N–H and O–H groups in total.